The zero-order valence-corrected chi connectivity index (χ0v) is 12.3. The highest BCUT2D eigenvalue weighted by molar-refractivity contribution is 5.28. The molecule has 114 valence electrons. The fraction of sp³-hybridized carbons (Fsp3) is 0.800. The molecule has 3 saturated heterocycles. The van der Waals surface area contributed by atoms with Gasteiger partial charge in [-0.25, -0.2) is 4.98 Å². The first-order valence-electron chi connectivity index (χ1n) is 8.14. The number of nitrogens with zero attached hydrogens (tertiary/aromatic N) is 4. The molecule has 0 spiro atoms. The molecule has 6 heteroatoms. The summed E-state index contributed by atoms with van der Waals surface area (Å²) in [7, 11) is 0. The fourth-order valence-electron chi connectivity index (χ4n) is 3.92. The molecule has 0 saturated carbocycles. The third kappa shape index (κ3) is 3.01. The first kappa shape index (κ1) is 13.4. The number of fused-ring (bicyclic) bond motifs is 2. The van der Waals surface area contributed by atoms with E-state index < -0.39 is 0 Å². The summed E-state index contributed by atoms with van der Waals surface area (Å²) >= 11 is 0. The van der Waals surface area contributed by atoms with Crippen LogP contribution in [0.15, 0.2) is 12.4 Å². The van der Waals surface area contributed by atoms with Crippen molar-refractivity contribution in [3.8, 4) is 0 Å². The molecular weight excluding hydrogens is 266 g/mol. The van der Waals surface area contributed by atoms with Crippen LogP contribution < -0.4 is 10.2 Å². The van der Waals surface area contributed by atoms with Crippen LogP contribution in [0.25, 0.3) is 0 Å². The molecule has 0 aromatic carbocycles. The van der Waals surface area contributed by atoms with Gasteiger partial charge in [0, 0.05) is 19.1 Å². The zero-order chi connectivity index (χ0) is 14.1. The maximum absolute atomic E-state index is 5.90. The van der Waals surface area contributed by atoms with E-state index in [-0.39, 0.29) is 0 Å². The predicted octanol–water partition coefficient (Wildman–Crippen LogP) is 0.997. The van der Waals surface area contributed by atoms with Crippen LogP contribution in [-0.4, -0.2) is 53.1 Å². The molecule has 21 heavy (non-hydrogen) atoms. The Bertz CT molecular complexity index is 458. The second kappa shape index (κ2) is 5.85. The number of ether oxygens (including phenoxy) is 1. The molecule has 3 aliphatic rings. The van der Waals surface area contributed by atoms with Crippen molar-refractivity contribution in [2.24, 2.45) is 5.92 Å². The van der Waals surface area contributed by atoms with E-state index in [1.165, 1.54) is 32.1 Å². The van der Waals surface area contributed by atoms with Crippen molar-refractivity contribution in [2.75, 3.05) is 24.5 Å². The van der Waals surface area contributed by atoms with Crippen LogP contribution in [0.1, 0.15) is 32.1 Å². The van der Waals surface area contributed by atoms with E-state index in [9.17, 15) is 0 Å². The molecule has 1 aromatic rings. The minimum absolute atomic E-state index is 0.519. The van der Waals surface area contributed by atoms with Crippen LogP contribution in [0, 0.1) is 5.92 Å². The van der Waals surface area contributed by atoms with Crippen molar-refractivity contribution in [1.82, 2.24) is 20.5 Å². The van der Waals surface area contributed by atoms with Crippen molar-refractivity contribution in [3.05, 3.63) is 12.4 Å². The van der Waals surface area contributed by atoms with Gasteiger partial charge in [-0.3, -0.25) is 0 Å². The molecule has 3 atom stereocenters. The number of anilines is 1. The second-order valence-electron chi connectivity index (χ2n) is 6.58. The van der Waals surface area contributed by atoms with Crippen LogP contribution in [-0.2, 0) is 4.74 Å². The molecule has 4 heterocycles. The number of hydrogen-bond donors (Lipinski definition) is 1. The first-order valence-corrected chi connectivity index (χ1v) is 8.14. The van der Waals surface area contributed by atoms with E-state index in [2.05, 4.69) is 25.4 Å². The summed E-state index contributed by atoms with van der Waals surface area (Å²) in [5.74, 6) is 1.46. The fourth-order valence-corrected chi connectivity index (χ4v) is 3.92. The van der Waals surface area contributed by atoms with E-state index in [4.69, 9.17) is 4.74 Å². The van der Waals surface area contributed by atoms with E-state index >= 15 is 0 Å². The summed E-state index contributed by atoms with van der Waals surface area (Å²) in [5.41, 5.74) is 0. The molecule has 4 rings (SSSR count). The number of rotatable bonds is 4. The van der Waals surface area contributed by atoms with E-state index in [0.29, 0.717) is 24.2 Å². The number of nitrogens with one attached hydrogen (secondary N) is 1. The van der Waals surface area contributed by atoms with Gasteiger partial charge >= 0.3 is 0 Å². The Morgan fingerprint density at radius 3 is 2.81 bits per heavy atom. The van der Waals surface area contributed by atoms with Gasteiger partial charge < -0.3 is 15.0 Å². The van der Waals surface area contributed by atoms with Gasteiger partial charge in [0.2, 0.25) is 5.95 Å². The SMILES string of the molecule is c1cnc(N2CCC(CNC3CC4CCC(C3)O4)C2)nn1. The maximum Gasteiger partial charge on any atom is 0.245 e. The lowest BCUT2D eigenvalue weighted by Gasteiger charge is -2.30. The van der Waals surface area contributed by atoms with Crippen molar-refractivity contribution in [2.45, 2.75) is 50.4 Å². The molecule has 1 aromatic heterocycles. The van der Waals surface area contributed by atoms with E-state index in [0.717, 1.165) is 25.6 Å². The van der Waals surface area contributed by atoms with E-state index in [1.807, 2.05) is 0 Å². The third-order valence-electron chi connectivity index (χ3n) is 5.02. The lowest BCUT2D eigenvalue weighted by atomic mass is 10.0. The molecule has 3 unspecified atom stereocenters. The normalized spacial score (nSPS) is 35.3. The zero-order valence-electron chi connectivity index (χ0n) is 12.3. The molecule has 0 amide bonds. The number of hydrogen-bond acceptors (Lipinski definition) is 6. The van der Waals surface area contributed by atoms with Gasteiger partial charge in [0.15, 0.2) is 0 Å². The van der Waals surface area contributed by atoms with Crippen LogP contribution in [0.2, 0.25) is 0 Å². The highest BCUT2D eigenvalue weighted by atomic mass is 16.5. The molecule has 0 radical (unpaired) electrons. The summed E-state index contributed by atoms with van der Waals surface area (Å²) in [6, 6.07) is 0.653. The Labute approximate surface area is 125 Å². The smallest absolute Gasteiger partial charge is 0.245 e. The minimum Gasteiger partial charge on any atom is -0.375 e. The Kier molecular flexibility index (Phi) is 3.73. The standard InChI is InChI=1S/C15H23N5O/c1-2-14-8-12(7-13(1)21-14)17-9-11-3-6-20(10-11)15-16-4-5-18-19-15/h4-5,11-14,17H,1-3,6-10H2. The van der Waals surface area contributed by atoms with Crippen LogP contribution in [0.5, 0.6) is 0 Å². The van der Waals surface area contributed by atoms with E-state index in [1.54, 1.807) is 12.4 Å². The van der Waals surface area contributed by atoms with Gasteiger partial charge in [0.1, 0.15) is 0 Å². The van der Waals surface area contributed by atoms with Gasteiger partial charge in [0.25, 0.3) is 0 Å². The van der Waals surface area contributed by atoms with Crippen molar-refractivity contribution in [3.63, 3.8) is 0 Å². The Morgan fingerprint density at radius 2 is 2.05 bits per heavy atom. The van der Waals surface area contributed by atoms with Gasteiger partial charge in [-0.15, -0.1) is 5.10 Å². The van der Waals surface area contributed by atoms with Crippen LogP contribution >= 0.6 is 0 Å². The summed E-state index contributed by atoms with van der Waals surface area (Å²) in [6.45, 7) is 3.17. The summed E-state index contributed by atoms with van der Waals surface area (Å²) in [4.78, 5) is 6.53. The Balaban J connectivity index is 1.25. The monoisotopic (exact) mass is 289 g/mol. The molecule has 0 aliphatic carbocycles. The summed E-state index contributed by atoms with van der Waals surface area (Å²) < 4.78 is 5.90. The quantitative estimate of drug-likeness (QED) is 0.892. The average Bonchev–Trinajstić information content (AvgIpc) is 3.13. The minimum atomic E-state index is 0.519. The van der Waals surface area contributed by atoms with Crippen molar-refractivity contribution >= 4 is 5.95 Å². The highest BCUT2D eigenvalue weighted by Crippen LogP contribution is 2.32. The predicted molar refractivity (Wildman–Crippen MR) is 79.1 cm³/mol. The van der Waals surface area contributed by atoms with Crippen molar-refractivity contribution in [1.29, 1.82) is 0 Å². The molecule has 2 bridgehead atoms. The molecule has 1 N–H and O–H groups in total. The maximum atomic E-state index is 5.90. The van der Waals surface area contributed by atoms with Crippen LogP contribution in [0.3, 0.4) is 0 Å². The molecule has 6 nitrogen and oxygen atoms in total. The lowest BCUT2D eigenvalue weighted by Crippen LogP contribution is -2.41. The van der Waals surface area contributed by atoms with Gasteiger partial charge in [-0.1, -0.05) is 0 Å². The molecule has 3 aliphatic heterocycles. The molecule has 3 fully saturated rings. The molecular formula is C15H23N5O. The Hall–Kier alpha value is -1.27. The van der Waals surface area contributed by atoms with Crippen molar-refractivity contribution < 1.29 is 4.74 Å². The van der Waals surface area contributed by atoms with Gasteiger partial charge in [-0.05, 0) is 44.6 Å². The second-order valence-corrected chi connectivity index (χ2v) is 6.58. The van der Waals surface area contributed by atoms with Crippen LogP contribution in [0.4, 0.5) is 5.95 Å². The number of aromatic nitrogens is 3. The highest BCUT2D eigenvalue weighted by Gasteiger charge is 2.35. The average molecular weight is 289 g/mol. The Morgan fingerprint density at radius 1 is 1.19 bits per heavy atom. The first-order chi connectivity index (χ1) is 10.4. The summed E-state index contributed by atoms with van der Waals surface area (Å²) in [6.07, 6.45) is 10.5. The lowest BCUT2D eigenvalue weighted by molar-refractivity contribution is -0.00904. The summed E-state index contributed by atoms with van der Waals surface area (Å²) in [5, 5.41) is 11.8. The van der Waals surface area contributed by atoms with Gasteiger partial charge in [-0.2, -0.15) is 5.10 Å². The topological polar surface area (TPSA) is 63.2 Å². The largest absolute Gasteiger partial charge is 0.375 e. The van der Waals surface area contributed by atoms with Gasteiger partial charge in [0.05, 0.1) is 24.6 Å². The third-order valence-corrected chi connectivity index (χ3v) is 5.02.